The molecule has 13 heavy (non-hydrogen) atoms. The molecule has 0 bridgehead atoms. The normalized spacial score (nSPS) is 19.5. The molecule has 0 atom stereocenters. The Hall–Kier alpha value is -1.37. The molecule has 0 amide bonds. The molecule has 2 aliphatic carbocycles. The quantitative estimate of drug-likeness (QED) is 0.596. The number of rotatable bonds is 3. The van der Waals surface area contributed by atoms with Crippen molar-refractivity contribution < 1.29 is 4.79 Å². The average molecular weight is 171 g/mol. The summed E-state index contributed by atoms with van der Waals surface area (Å²) in [5, 5.41) is 0. The standard InChI is InChI=1S/C12H11O/c13-9-12(10-5-1-2-6-10)11-7-3-4-8-11/h1-5,7,9H,6,8H2. The lowest BCUT2D eigenvalue weighted by Gasteiger charge is -2.11. The summed E-state index contributed by atoms with van der Waals surface area (Å²) in [6.45, 7) is 0. The third-order valence-corrected chi connectivity index (χ3v) is 2.35. The molecule has 0 aromatic heterocycles. The first-order valence-electron chi connectivity index (χ1n) is 4.46. The second-order valence-corrected chi connectivity index (χ2v) is 3.18. The van der Waals surface area contributed by atoms with Crippen LogP contribution in [0, 0.1) is 5.92 Å². The molecule has 0 aliphatic heterocycles. The van der Waals surface area contributed by atoms with Crippen LogP contribution in [-0.4, -0.2) is 6.29 Å². The first-order chi connectivity index (χ1) is 6.42. The van der Waals surface area contributed by atoms with Gasteiger partial charge >= 0.3 is 0 Å². The smallest absolute Gasteiger partial charge is 0.135 e. The highest BCUT2D eigenvalue weighted by Crippen LogP contribution is 2.30. The van der Waals surface area contributed by atoms with Gasteiger partial charge in [-0.1, -0.05) is 36.5 Å². The van der Waals surface area contributed by atoms with Crippen molar-refractivity contribution in [2.45, 2.75) is 12.8 Å². The molecule has 0 unspecified atom stereocenters. The summed E-state index contributed by atoms with van der Waals surface area (Å²) in [6.07, 6.45) is 14.9. The second-order valence-electron chi connectivity index (χ2n) is 3.18. The topological polar surface area (TPSA) is 17.1 Å². The van der Waals surface area contributed by atoms with E-state index in [0.29, 0.717) is 0 Å². The Morgan fingerprint density at radius 3 is 1.92 bits per heavy atom. The summed E-state index contributed by atoms with van der Waals surface area (Å²) < 4.78 is 0. The minimum Gasteiger partial charge on any atom is -0.302 e. The van der Waals surface area contributed by atoms with E-state index >= 15 is 0 Å². The first kappa shape index (κ1) is 8.24. The summed E-state index contributed by atoms with van der Waals surface area (Å²) in [4.78, 5) is 10.9. The minimum absolute atomic E-state index is 0.870. The van der Waals surface area contributed by atoms with Crippen LogP contribution in [0.25, 0.3) is 0 Å². The van der Waals surface area contributed by atoms with E-state index in [9.17, 15) is 4.79 Å². The second kappa shape index (κ2) is 3.56. The zero-order valence-electron chi connectivity index (χ0n) is 7.36. The number of aldehydes is 1. The maximum absolute atomic E-state index is 10.9. The monoisotopic (exact) mass is 171 g/mol. The van der Waals surface area contributed by atoms with Crippen LogP contribution >= 0.6 is 0 Å². The fourth-order valence-corrected chi connectivity index (χ4v) is 1.65. The van der Waals surface area contributed by atoms with Crippen molar-refractivity contribution >= 4 is 6.29 Å². The summed E-state index contributed by atoms with van der Waals surface area (Å²) >= 11 is 0. The van der Waals surface area contributed by atoms with E-state index in [1.54, 1.807) is 0 Å². The predicted molar refractivity (Wildman–Crippen MR) is 53.0 cm³/mol. The maximum Gasteiger partial charge on any atom is 0.135 e. The van der Waals surface area contributed by atoms with Crippen LogP contribution in [0.5, 0.6) is 0 Å². The van der Waals surface area contributed by atoms with Gasteiger partial charge in [0.05, 0.1) is 5.92 Å². The van der Waals surface area contributed by atoms with Crippen LogP contribution in [0.3, 0.4) is 0 Å². The van der Waals surface area contributed by atoms with Gasteiger partial charge in [0, 0.05) is 0 Å². The first-order valence-corrected chi connectivity index (χ1v) is 4.46. The van der Waals surface area contributed by atoms with Gasteiger partial charge in [-0.15, -0.1) is 0 Å². The number of carbonyl (C=O) groups is 1. The Labute approximate surface area is 78.1 Å². The van der Waals surface area contributed by atoms with Crippen molar-refractivity contribution in [2.24, 2.45) is 0 Å². The molecule has 1 heteroatoms. The molecule has 0 saturated heterocycles. The molecule has 65 valence electrons. The Kier molecular flexibility index (Phi) is 2.26. The zero-order valence-corrected chi connectivity index (χ0v) is 7.36. The Bertz CT molecular complexity index is 299. The van der Waals surface area contributed by atoms with E-state index in [0.717, 1.165) is 36.2 Å². The lowest BCUT2D eigenvalue weighted by Crippen LogP contribution is -2.04. The van der Waals surface area contributed by atoms with Crippen LogP contribution in [0.2, 0.25) is 0 Å². The molecule has 0 saturated carbocycles. The van der Waals surface area contributed by atoms with E-state index in [2.05, 4.69) is 12.2 Å². The largest absolute Gasteiger partial charge is 0.302 e. The van der Waals surface area contributed by atoms with Gasteiger partial charge in [0.15, 0.2) is 0 Å². The average Bonchev–Trinajstić information content (AvgIpc) is 2.76. The van der Waals surface area contributed by atoms with Gasteiger partial charge in [-0.2, -0.15) is 0 Å². The molecule has 0 aromatic rings. The summed E-state index contributed by atoms with van der Waals surface area (Å²) in [7, 11) is 0. The Morgan fingerprint density at radius 2 is 1.62 bits per heavy atom. The molecule has 0 fully saturated rings. The number of allylic oxidation sites excluding steroid dienone is 8. The van der Waals surface area contributed by atoms with Crippen LogP contribution < -0.4 is 0 Å². The molecule has 0 heterocycles. The van der Waals surface area contributed by atoms with E-state index in [1.165, 1.54) is 0 Å². The molecule has 0 aromatic carbocycles. The molecular formula is C12H11O. The van der Waals surface area contributed by atoms with Gasteiger partial charge in [0.1, 0.15) is 6.29 Å². The van der Waals surface area contributed by atoms with Gasteiger partial charge in [-0.25, -0.2) is 0 Å². The SMILES string of the molecule is O=C[C](C1=CC=CC1)C1=CC=CC1. The highest BCUT2D eigenvalue weighted by molar-refractivity contribution is 5.83. The molecule has 0 spiro atoms. The zero-order chi connectivity index (χ0) is 9.10. The van der Waals surface area contributed by atoms with Gasteiger partial charge < -0.3 is 4.79 Å². The molecular weight excluding hydrogens is 160 g/mol. The predicted octanol–water partition coefficient (Wildman–Crippen LogP) is 2.53. The van der Waals surface area contributed by atoms with Crippen LogP contribution in [0.15, 0.2) is 47.6 Å². The highest BCUT2D eigenvalue weighted by atomic mass is 16.1. The fraction of sp³-hybridized carbons (Fsp3) is 0.167. The highest BCUT2D eigenvalue weighted by Gasteiger charge is 2.19. The molecule has 2 rings (SSSR count). The number of hydrogen-bond acceptors (Lipinski definition) is 1. The lowest BCUT2D eigenvalue weighted by molar-refractivity contribution is -0.105. The fourth-order valence-electron chi connectivity index (χ4n) is 1.65. The van der Waals surface area contributed by atoms with Crippen molar-refractivity contribution in [1.82, 2.24) is 0 Å². The summed E-state index contributed by atoms with van der Waals surface area (Å²) in [6, 6.07) is 0. The van der Waals surface area contributed by atoms with Crippen LogP contribution in [-0.2, 0) is 4.79 Å². The van der Waals surface area contributed by atoms with Crippen molar-refractivity contribution in [3.63, 3.8) is 0 Å². The molecule has 0 N–H and O–H groups in total. The number of carbonyl (C=O) groups excluding carboxylic acids is 1. The van der Waals surface area contributed by atoms with Crippen molar-refractivity contribution in [3.8, 4) is 0 Å². The Balaban J connectivity index is 2.14. The maximum atomic E-state index is 10.9. The van der Waals surface area contributed by atoms with Gasteiger partial charge in [-0.3, -0.25) is 0 Å². The molecule has 1 radical (unpaired) electrons. The van der Waals surface area contributed by atoms with Crippen molar-refractivity contribution in [1.29, 1.82) is 0 Å². The van der Waals surface area contributed by atoms with E-state index in [-0.39, 0.29) is 0 Å². The third-order valence-electron chi connectivity index (χ3n) is 2.35. The van der Waals surface area contributed by atoms with Gasteiger partial charge in [-0.05, 0) is 24.0 Å². The van der Waals surface area contributed by atoms with Crippen LogP contribution in [0.4, 0.5) is 0 Å². The summed E-state index contributed by atoms with van der Waals surface area (Å²) in [5.41, 5.74) is 2.29. The van der Waals surface area contributed by atoms with Crippen LogP contribution in [0.1, 0.15) is 12.8 Å². The van der Waals surface area contributed by atoms with Gasteiger partial charge in [0.2, 0.25) is 0 Å². The minimum atomic E-state index is 0.870. The lowest BCUT2D eigenvalue weighted by atomic mass is 9.91. The van der Waals surface area contributed by atoms with Crippen molar-refractivity contribution in [2.75, 3.05) is 0 Å². The van der Waals surface area contributed by atoms with Gasteiger partial charge in [0.25, 0.3) is 0 Å². The van der Waals surface area contributed by atoms with E-state index < -0.39 is 0 Å². The van der Waals surface area contributed by atoms with E-state index in [1.807, 2.05) is 24.3 Å². The van der Waals surface area contributed by atoms with Crippen molar-refractivity contribution in [3.05, 3.63) is 53.5 Å². The molecule has 2 aliphatic rings. The third kappa shape index (κ3) is 1.55. The Morgan fingerprint density at radius 1 is 1.08 bits per heavy atom. The summed E-state index contributed by atoms with van der Waals surface area (Å²) in [5.74, 6) is 0.870. The number of hydrogen-bond donors (Lipinski definition) is 0. The molecule has 1 nitrogen and oxygen atoms in total. The van der Waals surface area contributed by atoms with E-state index in [4.69, 9.17) is 0 Å².